The van der Waals surface area contributed by atoms with Crippen molar-refractivity contribution in [3.8, 4) is 39.4 Å². The van der Waals surface area contributed by atoms with Gasteiger partial charge in [0.2, 0.25) is 5.88 Å². The fourth-order valence-electron chi connectivity index (χ4n) is 3.85. The summed E-state index contributed by atoms with van der Waals surface area (Å²) in [6.07, 6.45) is 1.63. The highest BCUT2D eigenvalue weighted by molar-refractivity contribution is 5.90. The summed E-state index contributed by atoms with van der Waals surface area (Å²) in [6.45, 7) is 1.85. The minimum atomic E-state index is -0.172. The third-order valence-electron chi connectivity index (χ3n) is 5.32. The summed E-state index contributed by atoms with van der Waals surface area (Å²) in [6, 6.07) is 23.5. The van der Waals surface area contributed by atoms with Crippen molar-refractivity contribution in [1.82, 2.24) is 19.6 Å². The molecule has 3 heterocycles. The monoisotopic (exact) mass is 408 g/mol. The Kier molecular flexibility index (Phi) is 4.59. The molecule has 0 saturated heterocycles. The van der Waals surface area contributed by atoms with Crippen LogP contribution in [-0.4, -0.2) is 26.7 Å². The van der Waals surface area contributed by atoms with E-state index in [1.54, 1.807) is 19.4 Å². The molecule has 152 valence electrons. The number of methoxy groups -OCH3 is 1. The number of rotatable bonds is 4. The van der Waals surface area contributed by atoms with Gasteiger partial charge in [0.25, 0.3) is 5.56 Å². The second kappa shape index (κ2) is 7.57. The Bertz CT molecular complexity index is 1420. The van der Waals surface area contributed by atoms with E-state index >= 15 is 0 Å². The Morgan fingerprint density at radius 3 is 2.13 bits per heavy atom. The molecule has 0 radical (unpaired) electrons. The summed E-state index contributed by atoms with van der Waals surface area (Å²) >= 11 is 0. The van der Waals surface area contributed by atoms with Gasteiger partial charge in [-0.25, -0.2) is 9.97 Å². The van der Waals surface area contributed by atoms with Gasteiger partial charge in [-0.15, -0.1) is 0 Å². The lowest BCUT2D eigenvalue weighted by Crippen LogP contribution is -2.19. The van der Waals surface area contributed by atoms with Gasteiger partial charge in [0.1, 0.15) is 0 Å². The first-order valence-electron chi connectivity index (χ1n) is 9.94. The van der Waals surface area contributed by atoms with E-state index in [-0.39, 0.29) is 5.56 Å². The Balaban J connectivity index is 1.82. The standard InChI is InChI=1S/C25H20N4O2/c1-16-21(19-13-14-20(31-2)26-15-19)25(30)29-24(27-16)22(17-9-5-3-6-10-17)23(28-29)18-11-7-4-8-12-18/h3-15,28H,1-2H3. The van der Waals surface area contributed by atoms with Crippen molar-refractivity contribution in [2.75, 3.05) is 7.11 Å². The van der Waals surface area contributed by atoms with Gasteiger partial charge in [-0.3, -0.25) is 9.89 Å². The van der Waals surface area contributed by atoms with Crippen LogP contribution in [0.5, 0.6) is 5.88 Å². The number of hydrogen-bond donors (Lipinski definition) is 1. The molecule has 3 aromatic heterocycles. The minimum absolute atomic E-state index is 0.172. The highest BCUT2D eigenvalue weighted by Gasteiger charge is 2.21. The van der Waals surface area contributed by atoms with Crippen LogP contribution in [0.4, 0.5) is 0 Å². The van der Waals surface area contributed by atoms with Crippen LogP contribution in [0.1, 0.15) is 5.69 Å². The molecule has 0 aliphatic heterocycles. The number of fused-ring (bicyclic) bond motifs is 1. The molecule has 0 unspecified atom stereocenters. The molecular weight excluding hydrogens is 388 g/mol. The summed E-state index contributed by atoms with van der Waals surface area (Å²) in [7, 11) is 1.56. The van der Waals surface area contributed by atoms with Crippen LogP contribution in [-0.2, 0) is 0 Å². The van der Waals surface area contributed by atoms with Crippen LogP contribution in [0.25, 0.3) is 39.2 Å². The van der Waals surface area contributed by atoms with E-state index in [2.05, 4.69) is 10.1 Å². The topological polar surface area (TPSA) is 72.3 Å². The molecule has 5 rings (SSSR count). The van der Waals surface area contributed by atoms with E-state index in [9.17, 15) is 4.79 Å². The number of hydrogen-bond acceptors (Lipinski definition) is 4. The Morgan fingerprint density at radius 2 is 1.52 bits per heavy atom. The van der Waals surface area contributed by atoms with Crippen LogP contribution >= 0.6 is 0 Å². The molecule has 6 heteroatoms. The highest BCUT2D eigenvalue weighted by Crippen LogP contribution is 2.34. The minimum Gasteiger partial charge on any atom is -0.481 e. The van der Waals surface area contributed by atoms with Gasteiger partial charge in [-0.2, -0.15) is 4.52 Å². The number of aromatic nitrogens is 4. The van der Waals surface area contributed by atoms with Gasteiger partial charge in [0.05, 0.1) is 29.6 Å². The summed E-state index contributed by atoms with van der Waals surface area (Å²) in [5, 5.41) is 3.30. The van der Waals surface area contributed by atoms with Gasteiger partial charge in [-0.1, -0.05) is 60.7 Å². The molecule has 1 N–H and O–H groups in total. The number of ether oxygens (including phenoxy) is 1. The molecule has 2 aromatic carbocycles. The Labute approximate surface area is 178 Å². The van der Waals surface area contributed by atoms with E-state index < -0.39 is 0 Å². The van der Waals surface area contributed by atoms with E-state index in [4.69, 9.17) is 9.72 Å². The molecule has 31 heavy (non-hydrogen) atoms. The summed E-state index contributed by atoms with van der Waals surface area (Å²) in [5.41, 5.74) is 5.99. The van der Waals surface area contributed by atoms with Gasteiger partial charge < -0.3 is 4.74 Å². The van der Waals surface area contributed by atoms with Gasteiger partial charge in [-0.05, 0) is 18.6 Å². The average molecular weight is 408 g/mol. The maximum Gasteiger partial charge on any atom is 0.280 e. The second-order valence-corrected chi connectivity index (χ2v) is 7.22. The van der Waals surface area contributed by atoms with Crippen LogP contribution in [0.3, 0.4) is 0 Å². The van der Waals surface area contributed by atoms with Gasteiger partial charge in [0, 0.05) is 23.4 Å². The number of benzene rings is 2. The van der Waals surface area contributed by atoms with Crippen molar-refractivity contribution < 1.29 is 4.74 Å². The lowest BCUT2D eigenvalue weighted by molar-refractivity contribution is 0.398. The van der Waals surface area contributed by atoms with Crippen molar-refractivity contribution in [3.63, 3.8) is 0 Å². The smallest absolute Gasteiger partial charge is 0.280 e. The SMILES string of the molecule is COc1ccc(-c2c(C)nc3c(-c4ccccc4)c(-c4ccccc4)[nH]n3c2=O)cn1. The quantitative estimate of drug-likeness (QED) is 0.466. The normalized spacial score (nSPS) is 11.0. The molecule has 0 aliphatic rings. The van der Waals surface area contributed by atoms with Crippen LogP contribution in [0.15, 0.2) is 83.8 Å². The van der Waals surface area contributed by atoms with Crippen molar-refractivity contribution in [3.05, 3.63) is 95.0 Å². The van der Waals surface area contributed by atoms with Crippen LogP contribution in [0.2, 0.25) is 0 Å². The number of pyridine rings is 1. The maximum absolute atomic E-state index is 13.6. The zero-order chi connectivity index (χ0) is 21.4. The lowest BCUT2D eigenvalue weighted by Gasteiger charge is -2.07. The summed E-state index contributed by atoms with van der Waals surface area (Å²) in [4.78, 5) is 22.7. The van der Waals surface area contributed by atoms with Gasteiger partial charge in [0.15, 0.2) is 5.65 Å². The molecule has 6 nitrogen and oxygen atoms in total. The fraction of sp³-hybridized carbons (Fsp3) is 0.0800. The third kappa shape index (κ3) is 3.18. The maximum atomic E-state index is 13.6. The van der Waals surface area contributed by atoms with Crippen LogP contribution in [0, 0.1) is 6.92 Å². The summed E-state index contributed by atoms with van der Waals surface area (Å²) in [5.74, 6) is 0.494. The van der Waals surface area contributed by atoms with E-state index in [0.29, 0.717) is 28.3 Å². The molecule has 0 atom stereocenters. The van der Waals surface area contributed by atoms with Crippen molar-refractivity contribution in [1.29, 1.82) is 0 Å². The fourth-order valence-corrected chi connectivity index (χ4v) is 3.85. The van der Waals surface area contributed by atoms with Crippen molar-refractivity contribution in [2.24, 2.45) is 0 Å². The highest BCUT2D eigenvalue weighted by atomic mass is 16.5. The Hall–Kier alpha value is -4.19. The molecule has 5 aromatic rings. The predicted octanol–water partition coefficient (Wildman–Crippen LogP) is 4.74. The van der Waals surface area contributed by atoms with E-state index in [1.165, 1.54) is 4.52 Å². The number of aryl methyl sites for hydroxylation is 1. The number of nitrogens with zero attached hydrogens (tertiary/aromatic N) is 3. The van der Waals surface area contributed by atoms with E-state index in [0.717, 1.165) is 22.4 Å². The average Bonchev–Trinajstić information content (AvgIpc) is 3.20. The number of H-pyrrole nitrogens is 1. The summed E-state index contributed by atoms with van der Waals surface area (Å²) < 4.78 is 6.66. The van der Waals surface area contributed by atoms with Gasteiger partial charge >= 0.3 is 0 Å². The third-order valence-corrected chi connectivity index (χ3v) is 5.32. The number of aromatic amines is 1. The molecule has 0 amide bonds. The molecular formula is C25H20N4O2. The largest absolute Gasteiger partial charge is 0.481 e. The lowest BCUT2D eigenvalue weighted by atomic mass is 10.0. The molecule has 0 aliphatic carbocycles. The van der Waals surface area contributed by atoms with E-state index in [1.807, 2.05) is 73.7 Å². The van der Waals surface area contributed by atoms with Crippen molar-refractivity contribution >= 4 is 5.65 Å². The zero-order valence-corrected chi connectivity index (χ0v) is 17.2. The molecule has 0 spiro atoms. The second-order valence-electron chi connectivity index (χ2n) is 7.22. The predicted molar refractivity (Wildman–Crippen MR) is 121 cm³/mol. The molecule has 0 saturated carbocycles. The Morgan fingerprint density at radius 1 is 0.839 bits per heavy atom. The first kappa shape index (κ1) is 18.8. The van der Waals surface area contributed by atoms with Crippen molar-refractivity contribution in [2.45, 2.75) is 6.92 Å². The molecule has 0 fully saturated rings. The molecule has 0 bridgehead atoms. The zero-order valence-electron chi connectivity index (χ0n) is 17.2. The van der Waals surface area contributed by atoms with Crippen LogP contribution < -0.4 is 10.3 Å². The first-order valence-corrected chi connectivity index (χ1v) is 9.94. The first-order chi connectivity index (χ1) is 15.2. The number of nitrogens with one attached hydrogen (secondary N) is 1.